The lowest BCUT2D eigenvalue weighted by molar-refractivity contribution is -0.132. The number of halogens is 1. The van der Waals surface area contributed by atoms with Crippen LogP contribution in [0.4, 0.5) is 4.39 Å². The van der Waals surface area contributed by atoms with Crippen molar-refractivity contribution in [3.8, 4) is 0 Å². The van der Waals surface area contributed by atoms with E-state index in [1.54, 1.807) is 12.2 Å². The van der Waals surface area contributed by atoms with Gasteiger partial charge in [-0.1, -0.05) is 12.2 Å². The van der Waals surface area contributed by atoms with Crippen LogP contribution in [0.1, 0.15) is 12.8 Å². The van der Waals surface area contributed by atoms with Gasteiger partial charge in [0.2, 0.25) is 0 Å². The lowest BCUT2D eigenvalue weighted by Crippen LogP contribution is -2.10. The summed E-state index contributed by atoms with van der Waals surface area (Å²) in [5, 5.41) is 8.96. The Kier molecular flexibility index (Phi) is 3.06. The van der Waals surface area contributed by atoms with Gasteiger partial charge in [-0.15, -0.1) is 11.8 Å². The molecule has 5 heteroatoms. The molecule has 19 heavy (non-hydrogen) atoms. The molecule has 98 valence electrons. The van der Waals surface area contributed by atoms with E-state index in [9.17, 15) is 9.18 Å². The average Bonchev–Trinajstić information content (AvgIpc) is 2.57. The van der Waals surface area contributed by atoms with Crippen molar-refractivity contribution < 1.29 is 19.0 Å². The van der Waals surface area contributed by atoms with E-state index in [2.05, 4.69) is 0 Å². The Bertz CT molecular complexity index is 596. The van der Waals surface area contributed by atoms with Crippen molar-refractivity contribution >= 4 is 17.7 Å². The van der Waals surface area contributed by atoms with E-state index in [1.165, 1.54) is 24.1 Å². The summed E-state index contributed by atoms with van der Waals surface area (Å²) in [6.45, 7) is 0. The average molecular weight is 278 g/mol. The molecule has 1 atom stereocenters. The predicted octanol–water partition coefficient (Wildman–Crippen LogP) is 3.44. The summed E-state index contributed by atoms with van der Waals surface area (Å²) in [5.74, 6) is -1.04. The van der Waals surface area contributed by atoms with Gasteiger partial charge in [0.15, 0.2) is 11.6 Å². The molecule has 0 aromatic rings. The van der Waals surface area contributed by atoms with Crippen molar-refractivity contribution in [1.82, 2.24) is 0 Å². The van der Waals surface area contributed by atoms with Crippen LogP contribution in [0.15, 0.2) is 58.2 Å². The van der Waals surface area contributed by atoms with Gasteiger partial charge in [-0.2, -0.15) is 0 Å². The maximum atomic E-state index is 13.7. The summed E-state index contributed by atoms with van der Waals surface area (Å²) in [7, 11) is 0. The summed E-state index contributed by atoms with van der Waals surface area (Å²) < 4.78 is 19.1. The topological polar surface area (TPSA) is 46.5 Å². The molecule has 0 spiro atoms. The highest BCUT2D eigenvalue weighted by Crippen LogP contribution is 2.42. The molecule has 3 rings (SSSR count). The van der Waals surface area contributed by atoms with Gasteiger partial charge in [-0.3, -0.25) is 0 Å². The second-order valence-electron chi connectivity index (χ2n) is 4.38. The number of aliphatic carboxylic acids is 1. The molecule has 0 radical (unpaired) electrons. The number of carboxylic acid groups (broad SMARTS) is 1. The highest BCUT2D eigenvalue weighted by Gasteiger charge is 2.27. The Morgan fingerprint density at radius 3 is 3.16 bits per heavy atom. The Balaban J connectivity index is 1.94. The number of carbonyl (C=O) groups is 1. The molecule has 0 aromatic carbocycles. The number of hydrogen-bond acceptors (Lipinski definition) is 3. The third-order valence-corrected chi connectivity index (χ3v) is 4.45. The zero-order valence-electron chi connectivity index (χ0n) is 9.93. The van der Waals surface area contributed by atoms with Crippen LogP contribution < -0.4 is 0 Å². The molecule has 1 N–H and O–H groups in total. The monoisotopic (exact) mass is 278 g/mol. The van der Waals surface area contributed by atoms with E-state index in [-0.39, 0.29) is 22.4 Å². The minimum absolute atomic E-state index is 0.0125. The zero-order valence-corrected chi connectivity index (χ0v) is 10.7. The van der Waals surface area contributed by atoms with Gasteiger partial charge in [0, 0.05) is 10.5 Å². The third-order valence-electron chi connectivity index (χ3n) is 3.10. The Hall–Kier alpha value is -1.75. The lowest BCUT2D eigenvalue weighted by Gasteiger charge is -2.18. The fourth-order valence-corrected chi connectivity index (χ4v) is 3.35. The van der Waals surface area contributed by atoms with E-state index >= 15 is 0 Å². The molecule has 2 aliphatic carbocycles. The molecule has 1 heterocycles. The van der Waals surface area contributed by atoms with Crippen molar-refractivity contribution in [2.75, 3.05) is 0 Å². The Labute approximate surface area is 113 Å². The van der Waals surface area contributed by atoms with E-state index in [4.69, 9.17) is 9.84 Å². The molecule has 1 unspecified atom stereocenters. The maximum absolute atomic E-state index is 13.7. The molecule has 0 saturated carbocycles. The first-order chi connectivity index (χ1) is 9.15. The van der Waals surface area contributed by atoms with Crippen molar-refractivity contribution in [2.45, 2.75) is 18.1 Å². The second-order valence-corrected chi connectivity index (χ2v) is 5.62. The molecular weight excluding hydrogens is 267 g/mol. The van der Waals surface area contributed by atoms with Crippen molar-refractivity contribution in [2.24, 2.45) is 0 Å². The molecule has 0 bridgehead atoms. The number of carboxylic acids is 1. The molecule has 3 aliphatic rings. The van der Waals surface area contributed by atoms with Gasteiger partial charge in [0.05, 0.1) is 17.1 Å². The molecule has 0 amide bonds. The van der Waals surface area contributed by atoms with E-state index in [1.807, 2.05) is 6.08 Å². The maximum Gasteiger partial charge on any atom is 0.335 e. The van der Waals surface area contributed by atoms with Crippen LogP contribution in [0, 0.1) is 0 Å². The minimum atomic E-state index is -0.978. The first kappa shape index (κ1) is 12.3. The summed E-state index contributed by atoms with van der Waals surface area (Å²) >= 11 is 1.52. The number of allylic oxidation sites excluding steroid dienone is 4. The quantitative estimate of drug-likeness (QED) is 0.798. The van der Waals surface area contributed by atoms with Gasteiger partial charge < -0.3 is 9.84 Å². The fourth-order valence-electron chi connectivity index (χ4n) is 2.14. The highest BCUT2D eigenvalue weighted by atomic mass is 32.2. The van der Waals surface area contributed by atoms with Crippen molar-refractivity contribution in [3.63, 3.8) is 0 Å². The largest absolute Gasteiger partial charge is 0.478 e. The first-order valence-electron chi connectivity index (χ1n) is 5.91. The third kappa shape index (κ3) is 2.26. The van der Waals surface area contributed by atoms with Crippen LogP contribution in [0.3, 0.4) is 0 Å². The van der Waals surface area contributed by atoms with Crippen LogP contribution in [-0.2, 0) is 9.53 Å². The molecule has 1 aliphatic heterocycles. The van der Waals surface area contributed by atoms with E-state index in [0.717, 1.165) is 16.9 Å². The number of rotatable bonds is 1. The van der Waals surface area contributed by atoms with E-state index < -0.39 is 5.97 Å². The number of fused-ring (bicyclic) bond motifs is 1. The van der Waals surface area contributed by atoms with Crippen LogP contribution in [0.5, 0.6) is 0 Å². The van der Waals surface area contributed by atoms with Gasteiger partial charge >= 0.3 is 5.97 Å². The van der Waals surface area contributed by atoms with Crippen molar-refractivity contribution in [3.05, 3.63) is 58.2 Å². The standard InChI is InChI=1S/C14H11FO3S/c15-10-2-1-3-12-13(10)18-7-9-6-8(14(16)17)4-5-11(9)19-12/h2,4-7,11H,1,3H2,(H,16,17). The number of ether oxygens (including phenoxy) is 1. The molecular formula is C14H11FO3S. The molecule has 0 saturated heterocycles. The van der Waals surface area contributed by atoms with Crippen LogP contribution in [0.25, 0.3) is 0 Å². The van der Waals surface area contributed by atoms with E-state index in [0.29, 0.717) is 6.42 Å². The number of thioether (sulfide) groups is 1. The summed E-state index contributed by atoms with van der Waals surface area (Å²) in [5.41, 5.74) is 0.953. The smallest absolute Gasteiger partial charge is 0.335 e. The van der Waals surface area contributed by atoms with Crippen LogP contribution in [-0.4, -0.2) is 16.3 Å². The summed E-state index contributed by atoms with van der Waals surface area (Å²) in [6.07, 6.45) is 9.36. The normalized spacial score (nSPS) is 25.3. The SMILES string of the molecule is O=C(O)C1=CC2=COC3=C(CCC=C3F)SC2C=C1. The first-order valence-corrected chi connectivity index (χ1v) is 6.79. The lowest BCUT2D eigenvalue weighted by atomic mass is 10.0. The van der Waals surface area contributed by atoms with Crippen LogP contribution >= 0.6 is 11.8 Å². The van der Waals surface area contributed by atoms with Gasteiger partial charge in [0.25, 0.3) is 0 Å². The summed E-state index contributed by atoms with van der Waals surface area (Å²) in [4.78, 5) is 11.8. The van der Waals surface area contributed by atoms with Crippen molar-refractivity contribution in [1.29, 1.82) is 0 Å². The Morgan fingerprint density at radius 2 is 2.37 bits per heavy atom. The second kappa shape index (κ2) is 4.74. The summed E-state index contributed by atoms with van der Waals surface area (Å²) in [6, 6.07) is 0. The highest BCUT2D eigenvalue weighted by molar-refractivity contribution is 8.04. The molecule has 3 nitrogen and oxygen atoms in total. The minimum Gasteiger partial charge on any atom is -0.478 e. The van der Waals surface area contributed by atoms with Gasteiger partial charge in [0.1, 0.15) is 0 Å². The number of hydrogen-bond donors (Lipinski definition) is 1. The molecule has 0 fully saturated rings. The zero-order chi connectivity index (χ0) is 13.4. The molecule has 0 aromatic heterocycles. The Morgan fingerprint density at radius 1 is 1.53 bits per heavy atom. The van der Waals surface area contributed by atoms with Crippen LogP contribution in [0.2, 0.25) is 0 Å². The van der Waals surface area contributed by atoms with Gasteiger partial charge in [-0.25, -0.2) is 9.18 Å². The van der Waals surface area contributed by atoms with Gasteiger partial charge in [-0.05, 0) is 25.0 Å². The fraction of sp³-hybridized carbons (Fsp3) is 0.214. The predicted molar refractivity (Wildman–Crippen MR) is 70.9 cm³/mol.